The Kier molecular flexibility index (Phi) is 4.14. The van der Waals surface area contributed by atoms with Crippen molar-refractivity contribution in [3.63, 3.8) is 0 Å². The molecule has 6 rings (SSSR count). The van der Waals surface area contributed by atoms with Crippen LogP contribution in [0.4, 0.5) is 5.69 Å². The van der Waals surface area contributed by atoms with E-state index < -0.39 is 0 Å². The summed E-state index contributed by atoms with van der Waals surface area (Å²) in [5.41, 5.74) is 6.96. The summed E-state index contributed by atoms with van der Waals surface area (Å²) < 4.78 is 0. The number of aromatic amines is 2. The molecule has 0 unspecified atom stereocenters. The van der Waals surface area contributed by atoms with Gasteiger partial charge >= 0.3 is 0 Å². The van der Waals surface area contributed by atoms with Gasteiger partial charge < -0.3 is 20.0 Å². The van der Waals surface area contributed by atoms with Gasteiger partial charge in [0, 0.05) is 43.0 Å². The van der Waals surface area contributed by atoms with E-state index in [0.717, 1.165) is 71.0 Å². The molecule has 31 heavy (non-hydrogen) atoms. The molecule has 7 heteroatoms. The van der Waals surface area contributed by atoms with Crippen LogP contribution < -0.4 is 10.2 Å². The van der Waals surface area contributed by atoms with Gasteiger partial charge in [-0.15, -0.1) is 0 Å². The van der Waals surface area contributed by atoms with E-state index in [2.05, 4.69) is 49.4 Å². The number of nitrogens with zero attached hydrogens (tertiary/aromatic N) is 4. The number of nitrogens with one attached hydrogen (secondary N) is 2. The molecule has 3 heterocycles. The van der Waals surface area contributed by atoms with E-state index in [-0.39, 0.29) is 5.75 Å². The van der Waals surface area contributed by atoms with Crippen LogP contribution in [-0.2, 0) is 0 Å². The van der Waals surface area contributed by atoms with Crippen LogP contribution in [-0.4, -0.2) is 51.2 Å². The van der Waals surface area contributed by atoms with Crippen LogP contribution in [0.5, 0.6) is 5.75 Å². The van der Waals surface area contributed by atoms with Crippen LogP contribution in [0, 0.1) is 0 Å². The average molecular weight is 409 g/mol. The van der Waals surface area contributed by atoms with Crippen LogP contribution in [0.1, 0.15) is 0 Å². The topological polar surface area (TPSA) is 94.9 Å². The molecule has 1 aliphatic heterocycles. The summed E-state index contributed by atoms with van der Waals surface area (Å²) >= 11 is 0. The quantitative estimate of drug-likeness (QED) is 0.421. The fourth-order valence-electron chi connectivity index (χ4n) is 4.11. The molecule has 0 amide bonds. The van der Waals surface area contributed by atoms with E-state index in [1.165, 1.54) is 5.69 Å². The Bertz CT molecular complexity index is 1380. The van der Waals surface area contributed by atoms with Crippen LogP contribution in [0.15, 0.2) is 60.7 Å². The van der Waals surface area contributed by atoms with Gasteiger partial charge in [-0.05, 0) is 60.7 Å². The Labute approximate surface area is 178 Å². The monoisotopic (exact) mass is 409 g/mol. The second-order valence-electron chi connectivity index (χ2n) is 7.81. The highest BCUT2D eigenvalue weighted by Gasteiger charge is 2.14. The number of aromatic nitrogens is 4. The maximum Gasteiger partial charge on any atom is 0.138 e. The first-order valence-corrected chi connectivity index (χ1v) is 10.4. The summed E-state index contributed by atoms with van der Waals surface area (Å²) in [6.07, 6.45) is 0. The maximum absolute atomic E-state index is 9.51. The molecule has 2 aromatic heterocycles. The van der Waals surface area contributed by atoms with Crippen molar-refractivity contribution in [2.75, 3.05) is 31.1 Å². The Morgan fingerprint density at radius 2 is 1.32 bits per heavy atom. The lowest BCUT2D eigenvalue weighted by Crippen LogP contribution is -2.40. The molecule has 1 aliphatic rings. The number of fused-ring (bicyclic) bond motifs is 2. The first-order chi connectivity index (χ1) is 15.2. The number of hydrogen-bond donors (Lipinski definition) is 3. The highest BCUT2D eigenvalue weighted by atomic mass is 16.3. The molecule has 0 aliphatic carbocycles. The molecule has 5 aromatic rings. The predicted octanol–water partition coefficient (Wildman–Crippen LogP) is 3.90. The second kappa shape index (κ2) is 7.14. The smallest absolute Gasteiger partial charge is 0.138 e. The third-order valence-corrected chi connectivity index (χ3v) is 5.78. The van der Waals surface area contributed by atoms with Crippen molar-refractivity contribution in [2.24, 2.45) is 0 Å². The van der Waals surface area contributed by atoms with E-state index in [1.807, 2.05) is 24.3 Å². The lowest BCUT2D eigenvalue weighted by atomic mass is 10.2. The molecule has 0 saturated carbocycles. The first-order valence-electron chi connectivity index (χ1n) is 10.4. The molecule has 7 nitrogen and oxygen atoms in total. The Morgan fingerprint density at radius 3 is 2.06 bits per heavy atom. The van der Waals surface area contributed by atoms with Gasteiger partial charge in [-0.3, -0.25) is 0 Å². The molecule has 3 aromatic carbocycles. The Balaban J connectivity index is 1.35. The van der Waals surface area contributed by atoms with Gasteiger partial charge in [-0.25, -0.2) is 15.3 Å². The number of rotatable bonds is 3. The zero-order chi connectivity index (χ0) is 20.8. The van der Waals surface area contributed by atoms with Crippen molar-refractivity contribution < 1.29 is 5.11 Å². The summed E-state index contributed by atoms with van der Waals surface area (Å²) in [4.78, 5) is 18.7. The van der Waals surface area contributed by atoms with Gasteiger partial charge in [0.05, 0.1) is 22.1 Å². The minimum absolute atomic E-state index is 0.241. The summed E-state index contributed by atoms with van der Waals surface area (Å²) in [7, 11) is 0. The number of hydrogen-bond acceptors (Lipinski definition) is 4. The molecule has 0 atom stereocenters. The van der Waals surface area contributed by atoms with E-state index in [9.17, 15) is 5.11 Å². The maximum atomic E-state index is 9.51. The number of aromatic hydroxyl groups is 1. The standard InChI is InChI=1S/C24H21N6O/c31-18-5-1-15(2-6-18)23-26-19-7-3-16(13-21(19)28-23)24-27-20-8-4-17(14-22(20)29-24)30-11-9-25-10-12-30/h1-8,13-14,31H,9-12H2,(H,26,28)(H,27,29). The second-order valence-corrected chi connectivity index (χ2v) is 7.81. The molecule has 153 valence electrons. The Hall–Kier alpha value is -3.84. The van der Waals surface area contributed by atoms with E-state index in [0.29, 0.717) is 0 Å². The average Bonchev–Trinajstić information content (AvgIpc) is 3.43. The molecule has 3 N–H and O–H groups in total. The molecular weight excluding hydrogens is 388 g/mol. The highest BCUT2D eigenvalue weighted by molar-refractivity contribution is 5.87. The summed E-state index contributed by atoms with van der Waals surface area (Å²) in [6.45, 7) is 3.71. The molecular formula is C24H21N6O. The van der Waals surface area contributed by atoms with Crippen LogP contribution in [0.25, 0.3) is 44.8 Å². The minimum atomic E-state index is 0.241. The van der Waals surface area contributed by atoms with Gasteiger partial charge in [-0.1, -0.05) is 0 Å². The number of imidazole rings is 2. The van der Waals surface area contributed by atoms with Gasteiger partial charge in [-0.2, -0.15) is 0 Å². The van der Waals surface area contributed by atoms with Crippen LogP contribution in [0.3, 0.4) is 0 Å². The molecule has 0 spiro atoms. The first kappa shape index (κ1) is 18.0. The molecule has 1 fully saturated rings. The number of H-pyrrole nitrogens is 2. The third kappa shape index (κ3) is 3.29. The summed E-state index contributed by atoms with van der Waals surface area (Å²) in [5, 5.41) is 13.9. The van der Waals surface area contributed by atoms with Gasteiger partial charge in [0.15, 0.2) is 0 Å². The van der Waals surface area contributed by atoms with E-state index in [1.54, 1.807) is 12.1 Å². The van der Waals surface area contributed by atoms with Crippen LogP contribution in [0.2, 0.25) is 0 Å². The van der Waals surface area contributed by atoms with Gasteiger partial charge in [0.2, 0.25) is 0 Å². The van der Waals surface area contributed by atoms with Crippen molar-refractivity contribution in [1.82, 2.24) is 25.3 Å². The zero-order valence-corrected chi connectivity index (χ0v) is 16.8. The number of phenolic OH excluding ortho intramolecular Hbond substituents is 1. The summed E-state index contributed by atoms with van der Waals surface area (Å²) in [5.74, 6) is 1.85. The zero-order valence-electron chi connectivity index (χ0n) is 16.8. The van der Waals surface area contributed by atoms with Gasteiger partial charge in [0.25, 0.3) is 0 Å². The van der Waals surface area contributed by atoms with Gasteiger partial charge in [0.1, 0.15) is 17.4 Å². The number of benzene rings is 3. The van der Waals surface area contributed by atoms with Crippen molar-refractivity contribution in [1.29, 1.82) is 0 Å². The van der Waals surface area contributed by atoms with E-state index >= 15 is 0 Å². The number of anilines is 1. The van der Waals surface area contributed by atoms with Crippen molar-refractivity contribution in [3.05, 3.63) is 60.7 Å². The SMILES string of the molecule is Oc1ccc(-c2nc3ccc(-c4nc5ccc(N6CC[N]CC6)cc5[nH]4)cc3[nH]2)cc1. The van der Waals surface area contributed by atoms with Crippen molar-refractivity contribution >= 4 is 27.8 Å². The van der Waals surface area contributed by atoms with Crippen molar-refractivity contribution in [3.8, 4) is 28.5 Å². The molecule has 1 radical (unpaired) electrons. The molecule has 0 bridgehead atoms. The largest absolute Gasteiger partial charge is 0.508 e. The van der Waals surface area contributed by atoms with Crippen LogP contribution >= 0.6 is 0 Å². The Morgan fingerprint density at radius 1 is 0.710 bits per heavy atom. The summed E-state index contributed by atoms with van der Waals surface area (Å²) in [6, 6.07) is 19.5. The lowest BCUT2D eigenvalue weighted by Gasteiger charge is -2.28. The normalized spacial score (nSPS) is 14.5. The van der Waals surface area contributed by atoms with E-state index in [4.69, 9.17) is 4.98 Å². The lowest BCUT2D eigenvalue weighted by molar-refractivity contribution is 0.475. The van der Waals surface area contributed by atoms with Crippen molar-refractivity contribution in [2.45, 2.75) is 0 Å². The number of piperazine rings is 1. The molecule has 1 saturated heterocycles. The third-order valence-electron chi connectivity index (χ3n) is 5.78. The predicted molar refractivity (Wildman–Crippen MR) is 122 cm³/mol. The number of phenols is 1. The highest BCUT2D eigenvalue weighted by Crippen LogP contribution is 2.28. The fourth-order valence-corrected chi connectivity index (χ4v) is 4.11. The minimum Gasteiger partial charge on any atom is -0.508 e. The fraction of sp³-hybridized carbons (Fsp3) is 0.167.